The van der Waals surface area contributed by atoms with Gasteiger partial charge in [-0.25, -0.2) is 4.39 Å². The Bertz CT molecular complexity index is 842. The average molecular weight is 383 g/mol. The standard InChI is InChI=1S/C22H26FN3O2/c1-17-6-7-19(24-13-17)14-25-10-3-8-22(9-11-25)16-26(21(27)15-28-22)20-5-2-4-18(23)12-20/h2,4-7,12-13H,3,8-11,14-16H2,1H3. The lowest BCUT2D eigenvalue weighted by molar-refractivity contribution is -0.140. The molecule has 6 heteroatoms. The van der Waals surface area contributed by atoms with Crippen LogP contribution in [-0.2, 0) is 16.1 Å². The number of ether oxygens (including phenoxy) is 1. The second kappa shape index (κ2) is 7.97. The molecule has 0 N–H and O–H groups in total. The lowest BCUT2D eigenvalue weighted by Crippen LogP contribution is -2.55. The molecule has 2 aliphatic heterocycles. The van der Waals surface area contributed by atoms with Crippen LogP contribution in [0.5, 0.6) is 0 Å². The third kappa shape index (κ3) is 4.23. The van der Waals surface area contributed by atoms with Crippen molar-refractivity contribution in [2.75, 3.05) is 31.1 Å². The molecule has 2 fully saturated rings. The molecule has 1 spiro atoms. The van der Waals surface area contributed by atoms with E-state index in [0.717, 1.165) is 50.2 Å². The van der Waals surface area contributed by atoms with E-state index in [1.54, 1.807) is 17.0 Å². The van der Waals surface area contributed by atoms with Gasteiger partial charge in [0.05, 0.1) is 17.8 Å². The van der Waals surface area contributed by atoms with Gasteiger partial charge in [-0.2, -0.15) is 0 Å². The van der Waals surface area contributed by atoms with Crippen LogP contribution >= 0.6 is 0 Å². The van der Waals surface area contributed by atoms with Crippen molar-refractivity contribution in [2.45, 2.75) is 38.3 Å². The van der Waals surface area contributed by atoms with Crippen molar-refractivity contribution in [1.82, 2.24) is 9.88 Å². The summed E-state index contributed by atoms with van der Waals surface area (Å²) >= 11 is 0. The van der Waals surface area contributed by atoms with Crippen molar-refractivity contribution in [2.24, 2.45) is 0 Å². The van der Waals surface area contributed by atoms with E-state index in [9.17, 15) is 9.18 Å². The number of amides is 1. The fourth-order valence-electron chi connectivity index (χ4n) is 4.10. The number of rotatable bonds is 3. The first-order valence-electron chi connectivity index (χ1n) is 9.87. The lowest BCUT2D eigenvalue weighted by Gasteiger charge is -2.42. The summed E-state index contributed by atoms with van der Waals surface area (Å²) in [7, 11) is 0. The Morgan fingerprint density at radius 2 is 2.11 bits per heavy atom. The van der Waals surface area contributed by atoms with Crippen molar-refractivity contribution < 1.29 is 13.9 Å². The maximum absolute atomic E-state index is 13.6. The summed E-state index contributed by atoms with van der Waals surface area (Å²) in [5.41, 5.74) is 2.48. The van der Waals surface area contributed by atoms with Gasteiger partial charge in [-0.3, -0.25) is 14.7 Å². The molecule has 3 heterocycles. The zero-order valence-electron chi connectivity index (χ0n) is 16.2. The van der Waals surface area contributed by atoms with Gasteiger partial charge in [0.15, 0.2) is 0 Å². The molecule has 1 aromatic heterocycles. The van der Waals surface area contributed by atoms with E-state index in [0.29, 0.717) is 12.2 Å². The van der Waals surface area contributed by atoms with E-state index in [2.05, 4.69) is 22.0 Å². The molecule has 1 aromatic carbocycles. The number of likely N-dealkylation sites (tertiary alicyclic amines) is 1. The van der Waals surface area contributed by atoms with Gasteiger partial charge in [-0.15, -0.1) is 0 Å². The van der Waals surface area contributed by atoms with E-state index in [1.807, 2.05) is 13.1 Å². The molecular weight excluding hydrogens is 357 g/mol. The Balaban J connectivity index is 1.44. The van der Waals surface area contributed by atoms with Crippen LogP contribution in [0.3, 0.4) is 0 Å². The SMILES string of the molecule is Cc1ccc(CN2CCCC3(CC2)CN(c2cccc(F)c2)C(=O)CO3)nc1. The van der Waals surface area contributed by atoms with Gasteiger partial charge < -0.3 is 9.64 Å². The number of pyridine rings is 1. The van der Waals surface area contributed by atoms with Crippen LogP contribution in [0.4, 0.5) is 10.1 Å². The van der Waals surface area contributed by atoms with E-state index in [4.69, 9.17) is 4.74 Å². The number of morpholine rings is 1. The quantitative estimate of drug-likeness (QED) is 0.816. The summed E-state index contributed by atoms with van der Waals surface area (Å²) in [4.78, 5) is 21.0. The first-order valence-corrected chi connectivity index (χ1v) is 9.87. The molecule has 1 atom stereocenters. The predicted molar refractivity (Wildman–Crippen MR) is 106 cm³/mol. The molecule has 1 unspecified atom stereocenters. The number of benzene rings is 1. The molecule has 5 nitrogen and oxygen atoms in total. The first kappa shape index (κ1) is 19.0. The second-order valence-corrected chi connectivity index (χ2v) is 7.89. The molecule has 0 bridgehead atoms. The van der Waals surface area contributed by atoms with Gasteiger partial charge in [0.25, 0.3) is 5.91 Å². The molecule has 28 heavy (non-hydrogen) atoms. The lowest BCUT2D eigenvalue weighted by atomic mass is 9.92. The Kier molecular flexibility index (Phi) is 5.42. The number of carbonyl (C=O) groups excluding carboxylic acids is 1. The number of hydrogen-bond acceptors (Lipinski definition) is 4. The van der Waals surface area contributed by atoms with Crippen molar-refractivity contribution in [3.63, 3.8) is 0 Å². The minimum Gasteiger partial charge on any atom is -0.363 e. The smallest absolute Gasteiger partial charge is 0.253 e. The summed E-state index contributed by atoms with van der Waals surface area (Å²) in [6, 6.07) is 10.4. The van der Waals surface area contributed by atoms with Gasteiger partial charge in [0.1, 0.15) is 12.4 Å². The topological polar surface area (TPSA) is 45.7 Å². The molecule has 0 radical (unpaired) electrons. The van der Waals surface area contributed by atoms with Crippen LogP contribution in [-0.4, -0.2) is 47.6 Å². The second-order valence-electron chi connectivity index (χ2n) is 7.89. The molecular formula is C22H26FN3O2. The molecule has 4 rings (SSSR count). The van der Waals surface area contributed by atoms with Gasteiger partial charge in [-0.1, -0.05) is 12.1 Å². The molecule has 2 saturated heterocycles. The Morgan fingerprint density at radius 3 is 2.89 bits per heavy atom. The molecule has 2 aliphatic rings. The van der Waals surface area contributed by atoms with Crippen molar-refractivity contribution in [3.8, 4) is 0 Å². The number of halogens is 1. The summed E-state index contributed by atoms with van der Waals surface area (Å²) in [6.07, 6.45) is 4.64. The maximum atomic E-state index is 13.6. The van der Waals surface area contributed by atoms with Crippen molar-refractivity contribution in [3.05, 3.63) is 59.7 Å². The molecule has 0 aliphatic carbocycles. The predicted octanol–water partition coefficient (Wildman–Crippen LogP) is 3.32. The van der Waals surface area contributed by atoms with Crippen LogP contribution in [0.2, 0.25) is 0 Å². The summed E-state index contributed by atoms with van der Waals surface area (Å²) in [5.74, 6) is -0.440. The number of nitrogens with zero attached hydrogens (tertiary/aromatic N) is 3. The third-order valence-corrected chi connectivity index (χ3v) is 5.72. The summed E-state index contributed by atoms with van der Waals surface area (Å²) in [6.45, 7) is 5.26. The first-order chi connectivity index (χ1) is 13.5. The third-order valence-electron chi connectivity index (χ3n) is 5.72. The van der Waals surface area contributed by atoms with E-state index in [-0.39, 0.29) is 23.9 Å². The van der Waals surface area contributed by atoms with Crippen LogP contribution in [0, 0.1) is 12.7 Å². The monoisotopic (exact) mass is 383 g/mol. The minimum absolute atomic E-state index is 0.0516. The highest BCUT2D eigenvalue weighted by molar-refractivity contribution is 5.95. The maximum Gasteiger partial charge on any atom is 0.253 e. The molecule has 1 amide bonds. The number of aryl methyl sites for hydroxylation is 1. The highest BCUT2D eigenvalue weighted by Gasteiger charge is 2.41. The highest BCUT2D eigenvalue weighted by Crippen LogP contribution is 2.33. The van der Waals surface area contributed by atoms with Crippen LogP contribution in [0.15, 0.2) is 42.6 Å². The number of aromatic nitrogens is 1. The molecule has 148 valence electrons. The van der Waals surface area contributed by atoms with Gasteiger partial charge in [0, 0.05) is 25.0 Å². The van der Waals surface area contributed by atoms with E-state index >= 15 is 0 Å². The minimum atomic E-state index is -0.365. The van der Waals surface area contributed by atoms with Gasteiger partial charge in [-0.05, 0) is 62.6 Å². The molecule has 2 aromatic rings. The summed E-state index contributed by atoms with van der Waals surface area (Å²) < 4.78 is 19.7. The fraction of sp³-hybridized carbons (Fsp3) is 0.455. The van der Waals surface area contributed by atoms with E-state index < -0.39 is 0 Å². The zero-order valence-corrected chi connectivity index (χ0v) is 16.2. The number of anilines is 1. The Labute approximate surface area is 165 Å². The fourth-order valence-corrected chi connectivity index (χ4v) is 4.10. The Hall–Kier alpha value is -2.31. The van der Waals surface area contributed by atoms with Crippen molar-refractivity contribution >= 4 is 11.6 Å². The zero-order chi connectivity index (χ0) is 19.6. The number of carbonyl (C=O) groups is 1. The van der Waals surface area contributed by atoms with Crippen LogP contribution in [0.1, 0.15) is 30.5 Å². The largest absolute Gasteiger partial charge is 0.363 e. The van der Waals surface area contributed by atoms with Crippen molar-refractivity contribution in [1.29, 1.82) is 0 Å². The molecule has 0 saturated carbocycles. The average Bonchev–Trinajstić information content (AvgIpc) is 2.88. The normalized spacial score (nSPS) is 23.8. The highest BCUT2D eigenvalue weighted by atomic mass is 19.1. The number of hydrogen-bond donors (Lipinski definition) is 0. The van der Waals surface area contributed by atoms with Gasteiger partial charge in [0.2, 0.25) is 0 Å². The Morgan fingerprint density at radius 1 is 1.21 bits per heavy atom. The van der Waals surface area contributed by atoms with Gasteiger partial charge >= 0.3 is 0 Å². The van der Waals surface area contributed by atoms with E-state index in [1.165, 1.54) is 12.1 Å². The van der Waals surface area contributed by atoms with Crippen LogP contribution < -0.4 is 4.90 Å². The van der Waals surface area contributed by atoms with Crippen LogP contribution in [0.25, 0.3) is 0 Å². The summed E-state index contributed by atoms with van der Waals surface area (Å²) in [5, 5.41) is 0.